The van der Waals surface area contributed by atoms with Crippen LogP contribution in [0.2, 0.25) is 0 Å². The molecule has 0 spiro atoms. The average Bonchev–Trinajstić information content (AvgIpc) is 3.27. The lowest BCUT2D eigenvalue weighted by atomic mass is 10.0. The van der Waals surface area contributed by atoms with E-state index in [2.05, 4.69) is 12.2 Å². The van der Waals surface area contributed by atoms with Gasteiger partial charge in [0.2, 0.25) is 0 Å². The summed E-state index contributed by atoms with van der Waals surface area (Å²) in [6, 6.07) is 7.74. The molecule has 4 heteroatoms. The van der Waals surface area contributed by atoms with Crippen molar-refractivity contribution in [3.8, 4) is 5.75 Å². The predicted octanol–water partition coefficient (Wildman–Crippen LogP) is 4.69. The van der Waals surface area contributed by atoms with Crippen molar-refractivity contribution in [2.24, 2.45) is 0 Å². The van der Waals surface area contributed by atoms with Gasteiger partial charge in [-0.2, -0.15) is 0 Å². The van der Waals surface area contributed by atoms with Gasteiger partial charge in [-0.15, -0.1) is 0 Å². The molecule has 1 N–H and O–H groups in total. The van der Waals surface area contributed by atoms with Gasteiger partial charge in [-0.1, -0.05) is 6.92 Å². The molecule has 0 saturated heterocycles. The Morgan fingerprint density at radius 3 is 2.42 bits per heavy atom. The number of ether oxygens (including phenoxy) is 2. The normalized spacial score (nSPS) is 20.2. The van der Waals surface area contributed by atoms with Crippen LogP contribution in [0.25, 0.3) is 0 Å². The summed E-state index contributed by atoms with van der Waals surface area (Å²) < 4.78 is 11.9. The van der Waals surface area contributed by atoms with Crippen LogP contribution in [0.15, 0.2) is 24.3 Å². The summed E-state index contributed by atoms with van der Waals surface area (Å²) in [5.41, 5.74) is 0.180. The number of carbonyl (C=O) groups excluding carboxylic acids is 1. The molecule has 1 amide bonds. The third-order valence-corrected chi connectivity index (χ3v) is 5.12. The van der Waals surface area contributed by atoms with E-state index in [0.29, 0.717) is 12.7 Å². The number of hydrogen-bond acceptors (Lipinski definition) is 3. The molecule has 1 aromatic rings. The van der Waals surface area contributed by atoms with Crippen LogP contribution in [0.4, 0.5) is 5.69 Å². The first-order chi connectivity index (χ1) is 11.7. The van der Waals surface area contributed by atoms with Crippen LogP contribution in [0.3, 0.4) is 0 Å². The zero-order valence-corrected chi connectivity index (χ0v) is 14.7. The van der Waals surface area contributed by atoms with Crippen LogP contribution in [0.1, 0.15) is 64.7 Å². The average molecular weight is 331 g/mol. The lowest BCUT2D eigenvalue weighted by Crippen LogP contribution is -2.43. The first-order valence-corrected chi connectivity index (χ1v) is 9.44. The number of anilines is 1. The highest BCUT2D eigenvalue weighted by molar-refractivity contribution is 5.97. The Morgan fingerprint density at radius 2 is 1.79 bits per heavy atom. The minimum absolute atomic E-state index is 0.00193. The molecule has 0 radical (unpaired) electrons. The monoisotopic (exact) mass is 331 g/mol. The summed E-state index contributed by atoms with van der Waals surface area (Å²) in [6.45, 7) is 2.71. The second kappa shape index (κ2) is 8.02. The van der Waals surface area contributed by atoms with Gasteiger partial charge in [0, 0.05) is 12.3 Å². The van der Waals surface area contributed by atoms with Crippen LogP contribution < -0.4 is 10.1 Å². The molecule has 24 heavy (non-hydrogen) atoms. The van der Waals surface area contributed by atoms with Gasteiger partial charge in [0.15, 0.2) is 0 Å². The second-order valence-electron chi connectivity index (χ2n) is 7.05. The topological polar surface area (TPSA) is 47.6 Å². The zero-order valence-electron chi connectivity index (χ0n) is 14.7. The van der Waals surface area contributed by atoms with E-state index in [9.17, 15) is 4.79 Å². The molecule has 0 unspecified atom stereocenters. The number of amides is 1. The number of rotatable bonds is 7. The molecule has 4 nitrogen and oxygen atoms in total. The maximum Gasteiger partial charge on any atom is 0.256 e. The van der Waals surface area contributed by atoms with Crippen molar-refractivity contribution >= 4 is 11.6 Å². The Morgan fingerprint density at radius 1 is 1.12 bits per heavy atom. The van der Waals surface area contributed by atoms with Gasteiger partial charge < -0.3 is 14.8 Å². The summed E-state index contributed by atoms with van der Waals surface area (Å²) in [5, 5.41) is 3.03. The van der Waals surface area contributed by atoms with Crippen LogP contribution in [0, 0.1) is 0 Å². The Bertz CT molecular complexity index is 528. The molecule has 2 saturated carbocycles. The summed E-state index contributed by atoms with van der Waals surface area (Å²) in [5.74, 6) is 0.885. The molecule has 2 aliphatic carbocycles. The molecule has 3 rings (SSSR count). The van der Waals surface area contributed by atoms with E-state index in [0.717, 1.165) is 56.4 Å². The number of hydrogen-bond donors (Lipinski definition) is 1. The fourth-order valence-corrected chi connectivity index (χ4v) is 3.74. The van der Waals surface area contributed by atoms with Gasteiger partial charge in [0.1, 0.15) is 11.4 Å². The Hall–Kier alpha value is -1.55. The summed E-state index contributed by atoms with van der Waals surface area (Å²) in [4.78, 5) is 12.7. The molecular formula is C20H29NO3. The number of carbonyl (C=O) groups is 1. The highest BCUT2D eigenvalue weighted by Gasteiger charge is 2.42. The number of nitrogens with one attached hydrogen (secondary N) is 1. The minimum atomic E-state index is -0.630. The van der Waals surface area contributed by atoms with Crippen molar-refractivity contribution in [3.63, 3.8) is 0 Å². The van der Waals surface area contributed by atoms with Crippen molar-refractivity contribution in [1.82, 2.24) is 0 Å². The zero-order chi connectivity index (χ0) is 16.8. The molecular weight excluding hydrogens is 302 g/mol. The fraction of sp³-hybridized carbons (Fsp3) is 0.650. The van der Waals surface area contributed by atoms with Crippen LogP contribution in [-0.2, 0) is 9.53 Å². The summed E-state index contributed by atoms with van der Waals surface area (Å²) >= 11 is 0. The minimum Gasteiger partial charge on any atom is -0.490 e. The van der Waals surface area contributed by atoms with E-state index < -0.39 is 5.60 Å². The van der Waals surface area contributed by atoms with Gasteiger partial charge in [-0.05, 0) is 82.1 Å². The van der Waals surface area contributed by atoms with Crippen LogP contribution in [0.5, 0.6) is 5.75 Å². The third-order valence-electron chi connectivity index (χ3n) is 5.12. The highest BCUT2D eigenvalue weighted by atomic mass is 16.5. The standard InChI is InChI=1S/C20H29NO3/c1-2-15-23-20(13-5-6-14-20)19(22)21-16-9-11-18(12-10-16)24-17-7-3-4-8-17/h9-12,17H,2-8,13-15H2,1H3,(H,21,22). The Labute approximate surface area is 144 Å². The SMILES string of the molecule is CCCOC1(C(=O)Nc2ccc(OC3CCCC3)cc2)CCCC1. The van der Waals surface area contributed by atoms with Crippen molar-refractivity contribution in [2.75, 3.05) is 11.9 Å². The molecule has 0 aromatic heterocycles. The van der Waals surface area contributed by atoms with E-state index in [1.54, 1.807) is 0 Å². The van der Waals surface area contributed by atoms with Gasteiger partial charge in [-0.3, -0.25) is 4.79 Å². The lowest BCUT2D eigenvalue weighted by molar-refractivity contribution is -0.140. The molecule has 0 aliphatic heterocycles. The maximum absolute atomic E-state index is 12.7. The first kappa shape index (κ1) is 17.3. The van der Waals surface area contributed by atoms with Crippen molar-refractivity contribution in [2.45, 2.75) is 76.4 Å². The first-order valence-electron chi connectivity index (χ1n) is 9.44. The van der Waals surface area contributed by atoms with Gasteiger partial charge in [0.05, 0.1) is 6.10 Å². The second-order valence-corrected chi connectivity index (χ2v) is 7.05. The van der Waals surface area contributed by atoms with Gasteiger partial charge >= 0.3 is 0 Å². The molecule has 2 aliphatic rings. The third kappa shape index (κ3) is 4.10. The van der Waals surface area contributed by atoms with Crippen molar-refractivity contribution in [1.29, 1.82) is 0 Å². The fourth-order valence-electron chi connectivity index (χ4n) is 3.74. The molecule has 132 valence electrons. The van der Waals surface area contributed by atoms with Gasteiger partial charge in [0.25, 0.3) is 5.91 Å². The molecule has 0 bridgehead atoms. The maximum atomic E-state index is 12.7. The van der Waals surface area contributed by atoms with E-state index in [1.165, 1.54) is 12.8 Å². The predicted molar refractivity (Wildman–Crippen MR) is 95.4 cm³/mol. The molecule has 2 fully saturated rings. The smallest absolute Gasteiger partial charge is 0.256 e. The largest absolute Gasteiger partial charge is 0.490 e. The summed E-state index contributed by atoms with van der Waals surface area (Å²) in [7, 11) is 0. The van der Waals surface area contributed by atoms with E-state index >= 15 is 0 Å². The lowest BCUT2D eigenvalue weighted by Gasteiger charge is -2.28. The van der Waals surface area contributed by atoms with Crippen LogP contribution >= 0.6 is 0 Å². The summed E-state index contributed by atoms with van der Waals surface area (Å²) in [6.07, 6.45) is 9.88. The Balaban J connectivity index is 1.58. The van der Waals surface area contributed by atoms with Gasteiger partial charge in [-0.25, -0.2) is 0 Å². The quantitative estimate of drug-likeness (QED) is 0.789. The van der Waals surface area contributed by atoms with Crippen molar-refractivity contribution in [3.05, 3.63) is 24.3 Å². The van der Waals surface area contributed by atoms with E-state index in [-0.39, 0.29) is 5.91 Å². The number of benzene rings is 1. The molecule has 0 heterocycles. The van der Waals surface area contributed by atoms with Crippen molar-refractivity contribution < 1.29 is 14.3 Å². The molecule has 0 atom stereocenters. The molecule has 1 aromatic carbocycles. The van der Waals surface area contributed by atoms with E-state index in [1.807, 2.05) is 24.3 Å². The Kier molecular flexibility index (Phi) is 5.77. The van der Waals surface area contributed by atoms with Crippen LogP contribution in [-0.4, -0.2) is 24.2 Å². The highest BCUT2D eigenvalue weighted by Crippen LogP contribution is 2.35. The van der Waals surface area contributed by atoms with E-state index in [4.69, 9.17) is 9.47 Å².